The molecule has 0 amide bonds. The lowest BCUT2D eigenvalue weighted by molar-refractivity contribution is -0.161. The van der Waals surface area contributed by atoms with Crippen LogP contribution in [0.1, 0.15) is 34.1 Å². The summed E-state index contributed by atoms with van der Waals surface area (Å²) in [5.74, 6) is 0.550. The van der Waals surface area contributed by atoms with Gasteiger partial charge in [-0.25, -0.2) is 0 Å². The average molecular weight is 266 g/mol. The van der Waals surface area contributed by atoms with Crippen molar-refractivity contribution in [1.82, 2.24) is 0 Å². The number of halogens is 1. The highest BCUT2D eigenvalue weighted by Gasteiger charge is 2.55. The van der Waals surface area contributed by atoms with Crippen LogP contribution in [0.2, 0.25) is 0 Å². The van der Waals surface area contributed by atoms with E-state index in [2.05, 4.69) is 33.8 Å². The number of nitriles is 1. The van der Waals surface area contributed by atoms with E-state index >= 15 is 0 Å². The summed E-state index contributed by atoms with van der Waals surface area (Å²) in [6.45, 7) is 8.91. The Balaban J connectivity index is 2.08. The molecule has 0 aliphatic heterocycles. The van der Waals surface area contributed by atoms with E-state index in [1.807, 2.05) is 18.2 Å². The molecule has 2 aliphatic carbocycles. The number of hydrogen-bond donors (Lipinski definition) is 0. The van der Waals surface area contributed by atoms with Crippen molar-refractivity contribution in [1.29, 1.82) is 5.26 Å². The monoisotopic (exact) mass is 265 g/mol. The van der Waals surface area contributed by atoms with Crippen LogP contribution in [-0.2, 0) is 4.74 Å². The molecule has 18 heavy (non-hydrogen) atoms. The Kier molecular flexibility index (Phi) is 3.23. The van der Waals surface area contributed by atoms with Crippen molar-refractivity contribution in [2.24, 2.45) is 16.7 Å². The molecule has 0 aromatic rings. The van der Waals surface area contributed by atoms with Gasteiger partial charge in [0.15, 0.2) is 0 Å². The maximum absolute atomic E-state index is 8.90. The van der Waals surface area contributed by atoms with Gasteiger partial charge in [-0.05, 0) is 18.6 Å². The average Bonchev–Trinajstić information content (AvgIpc) is 2.24. The first-order chi connectivity index (χ1) is 8.26. The van der Waals surface area contributed by atoms with E-state index in [4.69, 9.17) is 21.6 Å². The van der Waals surface area contributed by atoms with Gasteiger partial charge < -0.3 is 4.74 Å². The number of ether oxygens (including phenoxy) is 1. The van der Waals surface area contributed by atoms with Gasteiger partial charge in [0.25, 0.3) is 0 Å². The molecule has 0 bridgehead atoms. The SMILES string of the molecule is CC1(C)CC(C)(C)C1OC1=CC(Cl)C(C#N)C=C1. The molecule has 2 rings (SSSR count). The van der Waals surface area contributed by atoms with Crippen molar-refractivity contribution in [3.8, 4) is 6.07 Å². The molecule has 3 heteroatoms. The second kappa shape index (κ2) is 4.31. The quantitative estimate of drug-likeness (QED) is 0.706. The molecule has 1 saturated carbocycles. The van der Waals surface area contributed by atoms with Crippen LogP contribution in [0, 0.1) is 28.1 Å². The molecular formula is C15H20ClNO. The molecule has 2 unspecified atom stereocenters. The maximum atomic E-state index is 8.90. The van der Waals surface area contributed by atoms with E-state index in [-0.39, 0.29) is 28.2 Å². The van der Waals surface area contributed by atoms with Crippen molar-refractivity contribution in [2.45, 2.75) is 45.6 Å². The lowest BCUT2D eigenvalue weighted by Crippen LogP contribution is -2.56. The van der Waals surface area contributed by atoms with E-state index in [0.29, 0.717) is 0 Å². The number of hydrogen-bond acceptors (Lipinski definition) is 2. The van der Waals surface area contributed by atoms with Crippen molar-refractivity contribution < 1.29 is 4.74 Å². The minimum absolute atomic E-state index is 0.198. The van der Waals surface area contributed by atoms with Crippen LogP contribution in [0.3, 0.4) is 0 Å². The fourth-order valence-corrected chi connectivity index (χ4v) is 3.82. The molecule has 2 nitrogen and oxygen atoms in total. The normalized spacial score (nSPS) is 33.2. The fraction of sp³-hybridized carbons (Fsp3) is 0.667. The van der Waals surface area contributed by atoms with E-state index in [1.165, 1.54) is 0 Å². The largest absolute Gasteiger partial charge is 0.490 e. The van der Waals surface area contributed by atoms with E-state index < -0.39 is 0 Å². The van der Waals surface area contributed by atoms with Gasteiger partial charge >= 0.3 is 0 Å². The lowest BCUT2D eigenvalue weighted by atomic mass is 9.53. The van der Waals surface area contributed by atoms with Crippen LogP contribution in [0.5, 0.6) is 0 Å². The van der Waals surface area contributed by atoms with Crippen LogP contribution in [-0.4, -0.2) is 11.5 Å². The van der Waals surface area contributed by atoms with E-state index in [0.717, 1.165) is 12.2 Å². The molecule has 0 N–H and O–H groups in total. The second-order valence-corrected chi connectivity index (χ2v) is 7.18. The van der Waals surface area contributed by atoms with Gasteiger partial charge in [-0.15, -0.1) is 11.6 Å². The van der Waals surface area contributed by atoms with Gasteiger partial charge in [-0.2, -0.15) is 5.26 Å². The third-order valence-electron chi connectivity index (χ3n) is 3.87. The Morgan fingerprint density at radius 2 is 1.94 bits per heavy atom. The first-order valence-electron chi connectivity index (χ1n) is 6.37. The Morgan fingerprint density at radius 1 is 1.33 bits per heavy atom. The van der Waals surface area contributed by atoms with E-state index in [9.17, 15) is 0 Å². The summed E-state index contributed by atoms with van der Waals surface area (Å²) in [5, 5.41) is 8.61. The lowest BCUT2D eigenvalue weighted by Gasteiger charge is -2.56. The number of alkyl halides is 1. The van der Waals surface area contributed by atoms with Gasteiger partial charge in [-0.1, -0.05) is 33.8 Å². The topological polar surface area (TPSA) is 33.0 Å². The molecule has 0 aromatic carbocycles. The summed E-state index contributed by atoms with van der Waals surface area (Å²) in [6, 6.07) is 2.17. The Morgan fingerprint density at radius 3 is 2.39 bits per heavy atom. The van der Waals surface area contributed by atoms with Gasteiger partial charge in [0.1, 0.15) is 11.9 Å². The molecule has 0 spiro atoms. The molecule has 0 aromatic heterocycles. The fourth-order valence-electron chi connectivity index (χ4n) is 3.56. The van der Waals surface area contributed by atoms with Crippen molar-refractivity contribution in [3.05, 3.63) is 24.0 Å². The van der Waals surface area contributed by atoms with E-state index in [1.54, 1.807) is 0 Å². The van der Waals surface area contributed by atoms with Gasteiger partial charge in [0.2, 0.25) is 0 Å². The highest BCUT2D eigenvalue weighted by molar-refractivity contribution is 6.22. The zero-order chi connectivity index (χ0) is 13.6. The molecule has 2 aliphatic rings. The van der Waals surface area contributed by atoms with Gasteiger partial charge in [0.05, 0.1) is 17.4 Å². The summed E-state index contributed by atoms with van der Waals surface area (Å²) >= 11 is 6.13. The first kappa shape index (κ1) is 13.5. The zero-order valence-electron chi connectivity index (χ0n) is 11.4. The number of nitrogens with zero attached hydrogens (tertiary/aromatic N) is 1. The van der Waals surface area contributed by atoms with Crippen LogP contribution in [0.4, 0.5) is 0 Å². The Hall–Kier alpha value is -0.940. The summed E-state index contributed by atoms with van der Waals surface area (Å²) in [4.78, 5) is 0. The molecular weight excluding hydrogens is 246 g/mol. The third-order valence-corrected chi connectivity index (χ3v) is 4.27. The maximum Gasteiger partial charge on any atom is 0.117 e. The van der Waals surface area contributed by atoms with Gasteiger partial charge in [0, 0.05) is 10.8 Å². The third kappa shape index (κ3) is 2.29. The molecule has 0 heterocycles. The molecule has 0 radical (unpaired) electrons. The summed E-state index contributed by atoms with van der Waals surface area (Å²) in [7, 11) is 0. The highest BCUT2D eigenvalue weighted by Crippen LogP contribution is 2.56. The number of rotatable bonds is 2. The second-order valence-electron chi connectivity index (χ2n) is 6.68. The summed E-state index contributed by atoms with van der Waals surface area (Å²) in [6.07, 6.45) is 6.90. The molecule has 1 fully saturated rings. The van der Waals surface area contributed by atoms with Crippen LogP contribution in [0.15, 0.2) is 24.0 Å². The van der Waals surface area contributed by atoms with Crippen molar-refractivity contribution in [2.75, 3.05) is 0 Å². The zero-order valence-corrected chi connectivity index (χ0v) is 12.2. The molecule has 0 saturated heterocycles. The molecule has 98 valence electrons. The van der Waals surface area contributed by atoms with Crippen LogP contribution in [0.25, 0.3) is 0 Å². The Bertz CT molecular complexity index is 428. The smallest absolute Gasteiger partial charge is 0.117 e. The summed E-state index contributed by atoms with van der Waals surface area (Å²) < 4.78 is 6.10. The summed E-state index contributed by atoms with van der Waals surface area (Å²) in [5.41, 5.74) is 0.401. The number of allylic oxidation sites excluding steroid dienone is 3. The van der Waals surface area contributed by atoms with Crippen LogP contribution >= 0.6 is 11.6 Å². The molecule has 2 atom stereocenters. The van der Waals surface area contributed by atoms with Crippen molar-refractivity contribution >= 4 is 11.6 Å². The predicted molar refractivity (Wildman–Crippen MR) is 73.0 cm³/mol. The minimum atomic E-state index is -0.290. The van der Waals surface area contributed by atoms with Crippen molar-refractivity contribution in [3.63, 3.8) is 0 Å². The minimum Gasteiger partial charge on any atom is -0.490 e. The first-order valence-corrected chi connectivity index (χ1v) is 6.80. The van der Waals surface area contributed by atoms with Crippen LogP contribution < -0.4 is 0 Å². The standard InChI is InChI=1S/C15H20ClNO/c1-14(2)9-15(3,4)13(14)18-11-6-5-10(8-17)12(16)7-11/h5-7,10,12-13H,9H2,1-4H3. The highest BCUT2D eigenvalue weighted by atomic mass is 35.5. The Labute approximate surface area is 114 Å². The predicted octanol–water partition coefficient (Wildman–Crippen LogP) is 4.03. The van der Waals surface area contributed by atoms with Gasteiger partial charge in [-0.3, -0.25) is 0 Å².